The standard InChI is InChI=1S/C23H34O8/c1-13-3-4-15-9-17(26)11-20(31-23(30)14(2)7-8-24)22(15)19(13)6-5-16(25)10-18(27)12-21(28)29/h3-4,9,13-14,16,18-20,22,24-25,27H,5-8,10-12H2,1-2H3,(H,28,29)/t13-,14-,16+,18+,19-,20-,22-/m0/s1. The van der Waals surface area contributed by atoms with Crippen LogP contribution in [0.2, 0.25) is 0 Å². The van der Waals surface area contributed by atoms with Crippen molar-refractivity contribution in [3.63, 3.8) is 0 Å². The van der Waals surface area contributed by atoms with Gasteiger partial charge in [-0.15, -0.1) is 0 Å². The number of allylic oxidation sites excluding steroid dienone is 3. The quantitative estimate of drug-likeness (QED) is 0.357. The average molecular weight is 439 g/mol. The molecular weight excluding hydrogens is 404 g/mol. The van der Waals surface area contributed by atoms with Gasteiger partial charge in [0, 0.05) is 18.9 Å². The summed E-state index contributed by atoms with van der Waals surface area (Å²) in [4.78, 5) is 35.4. The van der Waals surface area contributed by atoms with Crippen LogP contribution in [0.1, 0.15) is 52.4 Å². The number of hydrogen-bond donors (Lipinski definition) is 4. The number of aliphatic hydroxyl groups is 3. The highest BCUT2D eigenvalue weighted by Gasteiger charge is 2.42. The van der Waals surface area contributed by atoms with E-state index in [1.54, 1.807) is 13.0 Å². The molecule has 0 aliphatic heterocycles. The molecule has 0 unspecified atom stereocenters. The summed E-state index contributed by atoms with van der Waals surface area (Å²) >= 11 is 0. The highest BCUT2D eigenvalue weighted by atomic mass is 16.5. The van der Waals surface area contributed by atoms with Crippen molar-refractivity contribution in [2.24, 2.45) is 23.7 Å². The van der Waals surface area contributed by atoms with Gasteiger partial charge in [0.15, 0.2) is 5.78 Å². The number of ether oxygens (including phenoxy) is 1. The molecule has 0 fully saturated rings. The van der Waals surface area contributed by atoms with Gasteiger partial charge in [0.1, 0.15) is 6.10 Å². The number of rotatable bonds is 11. The van der Waals surface area contributed by atoms with Gasteiger partial charge in [-0.2, -0.15) is 0 Å². The Morgan fingerprint density at radius 2 is 1.94 bits per heavy atom. The molecule has 174 valence electrons. The topological polar surface area (TPSA) is 141 Å². The second kappa shape index (κ2) is 11.5. The lowest BCUT2D eigenvalue weighted by Crippen LogP contribution is -2.42. The Hall–Kier alpha value is -2.03. The first-order valence-electron chi connectivity index (χ1n) is 10.9. The number of carbonyl (C=O) groups is 3. The lowest BCUT2D eigenvalue weighted by atomic mass is 9.66. The van der Waals surface area contributed by atoms with Gasteiger partial charge >= 0.3 is 11.9 Å². The largest absolute Gasteiger partial charge is 0.481 e. The molecule has 0 aromatic heterocycles. The van der Waals surface area contributed by atoms with E-state index in [4.69, 9.17) is 14.9 Å². The first kappa shape index (κ1) is 25.2. The predicted octanol–water partition coefficient (Wildman–Crippen LogP) is 1.62. The number of ketones is 1. The van der Waals surface area contributed by atoms with E-state index in [1.807, 2.05) is 19.1 Å². The molecule has 2 aliphatic rings. The molecule has 0 aromatic rings. The Morgan fingerprint density at radius 3 is 2.58 bits per heavy atom. The van der Waals surface area contributed by atoms with Crippen molar-refractivity contribution >= 4 is 17.7 Å². The van der Waals surface area contributed by atoms with Gasteiger partial charge in [0.2, 0.25) is 0 Å². The Balaban J connectivity index is 2.09. The maximum atomic E-state index is 12.4. The van der Waals surface area contributed by atoms with Crippen molar-refractivity contribution in [1.29, 1.82) is 0 Å². The van der Waals surface area contributed by atoms with Crippen LogP contribution in [0, 0.1) is 23.7 Å². The van der Waals surface area contributed by atoms with E-state index in [0.29, 0.717) is 12.8 Å². The molecule has 0 heterocycles. The molecule has 2 rings (SSSR count). The maximum Gasteiger partial charge on any atom is 0.309 e. The summed E-state index contributed by atoms with van der Waals surface area (Å²) in [6, 6.07) is 0. The highest BCUT2D eigenvalue weighted by Crippen LogP contribution is 2.43. The molecule has 0 bridgehead atoms. The first-order valence-corrected chi connectivity index (χ1v) is 10.9. The summed E-state index contributed by atoms with van der Waals surface area (Å²) in [7, 11) is 0. The molecule has 0 amide bonds. The van der Waals surface area contributed by atoms with Crippen molar-refractivity contribution in [2.45, 2.75) is 70.7 Å². The molecule has 31 heavy (non-hydrogen) atoms. The smallest absolute Gasteiger partial charge is 0.309 e. The zero-order chi connectivity index (χ0) is 23.1. The molecule has 7 atom stereocenters. The van der Waals surface area contributed by atoms with Crippen molar-refractivity contribution in [3.8, 4) is 0 Å². The number of hydrogen-bond acceptors (Lipinski definition) is 7. The molecule has 4 N–H and O–H groups in total. The third-order valence-corrected chi connectivity index (χ3v) is 6.26. The van der Waals surface area contributed by atoms with E-state index in [2.05, 4.69) is 0 Å². The number of esters is 1. The number of fused-ring (bicyclic) bond motifs is 1. The Kier molecular flexibility index (Phi) is 9.40. The molecule has 0 saturated carbocycles. The minimum absolute atomic E-state index is 0.0153. The summed E-state index contributed by atoms with van der Waals surface area (Å²) < 4.78 is 5.73. The van der Waals surface area contributed by atoms with Crippen LogP contribution < -0.4 is 0 Å². The molecule has 0 spiro atoms. The fraction of sp³-hybridized carbons (Fsp3) is 0.696. The lowest BCUT2D eigenvalue weighted by molar-refractivity contribution is -0.159. The fourth-order valence-electron chi connectivity index (χ4n) is 4.53. The molecule has 0 aromatic carbocycles. The summed E-state index contributed by atoms with van der Waals surface area (Å²) in [6.45, 7) is 3.59. The SMILES string of the molecule is C[C@@H](CCO)C(=O)O[C@H]1CC(=O)C=C2C=C[C@H](C)[C@H](CC[C@@H](O)C[C@@H](O)CC(=O)O)[C@H]21. The van der Waals surface area contributed by atoms with E-state index in [1.165, 1.54) is 0 Å². The molecule has 0 saturated heterocycles. The number of aliphatic carboxylic acids is 1. The van der Waals surface area contributed by atoms with Crippen LogP contribution in [0.3, 0.4) is 0 Å². The van der Waals surface area contributed by atoms with E-state index >= 15 is 0 Å². The number of carboxylic acids is 1. The number of aliphatic hydroxyl groups excluding tert-OH is 3. The molecule has 2 aliphatic carbocycles. The number of carboxylic acid groups (broad SMARTS) is 1. The van der Waals surface area contributed by atoms with Gasteiger partial charge < -0.3 is 25.2 Å². The molecule has 8 nitrogen and oxygen atoms in total. The lowest BCUT2D eigenvalue weighted by Gasteiger charge is -2.41. The monoisotopic (exact) mass is 438 g/mol. The molecule has 0 radical (unpaired) electrons. The molecule has 8 heteroatoms. The van der Waals surface area contributed by atoms with Gasteiger partial charge in [-0.05, 0) is 49.2 Å². The minimum atomic E-state index is -1.12. The van der Waals surface area contributed by atoms with E-state index < -0.39 is 42.6 Å². The van der Waals surface area contributed by atoms with Gasteiger partial charge in [-0.1, -0.05) is 26.0 Å². The van der Waals surface area contributed by atoms with Crippen molar-refractivity contribution < 1.29 is 39.5 Å². The summed E-state index contributed by atoms with van der Waals surface area (Å²) in [5.74, 6) is -2.17. The summed E-state index contributed by atoms with van der Waals surface area (Å²) in [5.41, 5.74) is 0.812. The third kappa shape index (κ3) is 7.26. The van der Waals surface area contributed by atoms with E-state index in [9.17, 15) is 24.6 Å². The van der Waals surface area contributed by atoms with Crippen molar-refractivity contribution in [3.05, 3.63) is 23.8 Å². The van der Waals surface area contributed by atoms with Crippen LogP contribution >= 0.6 is 0 Å². The fourth-order valence-corrected chi connectivity index (χ4v) is 4.53. The van der Waals surface area contributed by atoms with Crippen molar-refractivity contribution in [2.75, 3.05) is 6.61 Å². The van der Waals surface area contributed by atoms with Crippen LogP contribution in [0.15, 0.2) is 23.8 Å². The zero-order valence-corrected chi connectivity index (χ0v) is 18.1. The Morgan fingerprint density at radius 1 is 1.23 bits per heavy atom. The van der Waals surface area contributed by atoms with E-state index in [0.717, 1.165) is 5.57 Å². The summed E-state index contributed by atoms with van der Waals surface area (Å²) in [5, 5.41) is 37.9. The van der Waals surface area contributed by atoms with Gasteiger partial charge in [-0.25, -0.2) is 0 Å². The highest BCUT2D eigenvalue weighted by molar-refractivity contribution is 5.92. The van der Waals surface area contributed by atoms with Crippen molar-refractivity contribution in [1.82, 2.24) is 0 Å². The van der Waals surface area contributed by atoms with Gasteiger partial charge in [0.05, 0.1) is 24.5 Å². The second-order valence-electron chi connectivity index (χ2n) is 8.83. The van der Waals surface area contributed by atoms with Crippen LogP contribution in [-0.4, -0.2) is 63.1 Å². The second-order valence-corrected chi connectivity index (χ2v) is 8.83. The Bertz CT molecular complexity index is 712. The summed E-state index contributed by atoms with van der Waals surface area (Å²) in [6.07, 6.45) is 3.81. The van der Waals surface area contributed by atoms with Crippen LogP contribution in [-0.2, 0) is 19.1 Å². The first-order chi connectivity index (χ1) is 14.6. The minimum Gasteiger partial charge on any atom is -0.481 e. The van der Waals surface area contributed by atoms with Gasteiger partial charge in [0.25, 0.3) is 0 Å². The molecular formula is C23H34O8. The zero-order valence-electron chi connectivity index (χ0n) is 18.1. The maximum absolute atomic E-state index is 12.4. The third-order valence-electron chi connectivity index (χ3n) is 6.26. The van der Waals surface area contributed by atoms with Gasteiger partial charge in [-0.3, -0.25) is 14.4 Å². The van der Waals surface area contributed by atoms with Crippen LogP contribution in [0.25, 0.3) is 0 Å². The number of carbonyl (C=O) groups excluding carboxylic acids is 2. The van der Waals surface area contributed by atoms with E-state index in [-0.39, 0.29) is 49.4 Å². The predicted molar refractivity (Wildman–Crippen MR) is 112 cm³/mol. The average Bonchev–Trinajstić information content (AvgIpc) is 2.66. The van der Waals surface area contributed by atoms with Crippen LogP contribution in [0.4, 0.5) is 0 Å². The van der Waals surface area contributed by atoms with Crippen LogP contribution in [0.5, 0.6) is 0 Å². The Labute approximate surface area is 182 Å². The normalized spacial score (nSPS) is 28.3.